The smallest absolute Gasteiger partial charge is 0.407 e. The van der Waals surface area contributed by atoms with E-state index in [0.717, 1.165) is 6.07 Å². The number of benzene rings is 1. The van der Waals surface area contributed by atoms with Crippen LogP contribution in [0.4, 0.5) is 18.0 Å². The molecule has 1 aromatic rings. The summed E-state index contributed by atoms with van der Waals surface area (Å²) in [5.41, 5.74) is 4.97. The summed E-state index contributed by atoms with van der Waals surface area (Å²) in [6.45, 7) is 0.678. The van der Waals surface area contributed by atoms with E-state index < -0.39 is 29.8 Å². The Morgan fingerprint density at radius 3 is 2.57 bits per heavy atom. The highest BCUT2D eigenvalue weighted by Crippen LogP contribution is 2.39. The van der Waals surface area contributed by atoms with Crippen LogP contribution in [0.15, 0.2) is 18.2 Å². The third-order valence-corrected chi connectivity index (χ3v) is 4.32. The average Bonchev–Trinajstić information content (AvgIpc) is 2.49. The minimum absolute atomic E-state index is 0.194. The van der Waals surface area contributed by atoms with Crippen molar-refractivity contribution in [2.45, 2.75) is 31.6 Å². The van der Waals surface area contributed by atoms with Crippen LogP contribution in [-0.4, -0.2) is 35.7 Å². The molecule has 2 rings (SSSR count). The second kappa shape index (κ2) is 7.21. The maximum absolute atomic E-state index is 14.5. The molecule has 1 aliphatic heterocycles. The van der Waals surface area contributed by atoms with Crippen molar-refractivity contribution in [3.8, 4) is 0 Å². The van der Waals surface area contributed by atoms with Crippen LogP contribution >= 0.6 is 0 Å². The molecule has 128 valence electrons. The predicted molar refractivity (Wildman–Crippen MR) is 80.0 cm³/mol. The summed E-state index contributed by atoms with van der Waals surface area (Å²) in [7, 11) is 0. The number of halogens is 3. The number of hydrogen-bond donors (Lipinski definition) is 2. The quantitative estimate of drug-likeness (QED) is 0.871. The first-order valence-electron chi connectivity index (χ1n) is 7.68. The van der Waals surface area contributed by atoms with E-state index in [4.69, 9.17) is 10.8 Å². The number of alkyl halides is 2. The standard InChI is InChI=1S/C16H21F3N2O2/c17-14-12(4-7-20)2-1-3-13(14)16(18,19)10-11-5-8-21(9-6-11)15(22)23/h1-3,11H,4-10,20H2,(H,22,23). The van der Waals surface area contributed by atoms with Gasteiger partial charge in [0.2, 0.25) is 0 Å². The lowest BCUT2D eigenvalue weighted by molar-refractivity contribution is -0.0391. The Balaban J connectivity index is 2.07. The van der Waals surface area contributed by atoms with E-state index in [9.17, 15) is 18.0 Å². The summed E-state index contributed by atoms with van der Waals surface area (Å²) in [6, 6.07) is 4.00. The van der Waals surface area contributed by atoms with Crippen LogP contribution < -0.4 is 5.73 Å². The second-order valence-electron chi connectivity index (χ2n) is 5.94. The molecule has 0 aliphatic carbocycles. The molecule has 1 fully saturated rings. The molecule has 4 nitrogen and oxygen atoms in total. The molecule has 1 saturated heterocycles. The Morgan fingerprint density at radius 1 is 1.35 bits per heavy atom. The molecule has 1 amide bonds. The highest BCUT2D eigenvalue weighted by Gasteiger charge is 2.38. The van der Waals surface area contributed by atoms with E-state index in [1.165, 1.54) is 17.0 Å². The van der Waals surface area contributed by atoms with Crippen molar-refractivity contribution in [2.75, 3.05) is 19.6 Å². The highest BCUT2D eigenvalue weighted by atomic mass is 19.3. The maximum Gasteiger partial charge on any atom is 0.407 e. The minimum Gasteiger partial charge on any atom is -0.465 e. The van der Waals surface area contributed by atoms with Crippen LogP contribution in [0.1, 0.15) is 30.4 Å². The van der Waals surface area contributed by atoms with Gasteiger partial charge in [0.1, 0.15) is 5.82 Å². The normalized spacial score (nSPS) is 16.6. The van der Waals surface area contributed by atoms with E-state index in [1.807, 2.05) is 0 Å². The second-order valence-corrected chi connectivity index (χ2v) is 5.94. The van der Waals surface area contributed by atoms with Gasteiger partial charge < -0.3 is 15.7 Å². The highest BCUT2D eigenvalue weighted by molar-refractivity contribution is 5.64. The molecule has 0 radical (unpaired) electrons. The summed E-state index contributed by atoms with van der Waals surface area (Å²) in [6.07, 6.45) is -0.551. The summed E-state index contributed by atoms with van der Waals surface area (Å²) in [4.78, 5) is 12.0. The fraction of sp³-hybridized carbons (Fsp3) is 0.562. The van der Waals surface area contributed by atoms with Crippen LogP contribution in [0.2, 0.25) is 0 Å². The van der Waals surface area contributed by atoms with Crippen molar-refractivity contribution in [3.63, 3.8) is 0 Å². The number of likely N-dealkylation sites (tertiary alicyclic amines) is 1. The zero-order valence-corrected chi connectivity index (χ0v) is 12.8. The molecule has 0 unspecified atom stereocenters. The Hall–Kier alpha value is -1.76. The van der Waals surface area contributed by atoms with Gasteiger partial charge in [0, 0.05) is 19.5 Å². The minimum atomic E-state index is -3.27. The zero-order chi connectivity index (χ0) is 17.0. The molecule has 1 aromatic carbocycles. The number of nitrogens with zero attached hydrogens (tertiary/aromatic N) is 1. The van der Waals surface area contributed by atoms with Gasteiger partial charge in [0.25, 0.3) is 5.92 Å². The van der Waals surface area contributed by atoms with Crippen LogP contribution in [-0.2, 0) is 12.3 Å². The summed E-state index contributed by atoms with van der Waals surface area (Å²) >= 11 is 0. The monoisotopic (exact) mass is 330 g/mol. The van der Waals surface area contributed by atoms with E-state index in [-0.39, 0.29) is 37.5 Å². The number of piperidine rings is 1. The number of carboxylic acid groups (broad SMARTS) is 1. The van der Waals surface area contributed by atoms with Gasteiger partial charge in [-0.15, -0.1) is 0 Å². The van der Waals surface area contributed by atoms with Gasteiger partial charge in [-0.25, -0.2) is 18.0 Å². The lowest BCUT2D eigenvalue weighted by Gasteiger charge is -2.32. The largest absolute Gasteiger partial charge is 0.465 e. The third-order valence-electron chi connectivity index (χ3n) is 4.32. The summed E-state index contributed by atoms with van der Waals surface area (Å²) < 4.78 is 43.2. The van der Waals surface area contributed by atoms with Crippen molar-refractivity contribution in [1.82, 2.24) is 4.90 Å². The summed E-state index contributed by atoms with van der Waals surface area (Å²) in [5.74, 6) is -4.48. The average molecular weight is 330 g/mol. The summed E-state index contributed by atoms with van der Waals surface area (Å²) in [5, 5.41) is 8.87. The zero-order valence-electron chi connectivity index (χ0n) is 12.8. The van der Waals surface area contributed by atoms with Crippen molar-refractivity contribution in [3.05, 3.63) is 35.1 Å². The van der Waals surface area contributed by atoms with Crippen LogP contribution in [0.5, 0.6) is 0 Å². The van der Waals surface area contributed by atoms with Crippen LogP contribution in [0.25, 0.3) is 0 Å². The molecule has 0 spiro atoms. The molecule has 1 heterocycles. The first kappa shape index (κ1) is 17.6. The van der Waals surface area contributed by atoms with Gasteiger partial charge in [-0.3, -0.25) is 0 Å². The van der Waals surface area contributed by atoms with Gasteiger partial charge in [0.05, 0.1) is 5.56 Å². The molecule has 3 N–H and O–H groups in total. The fourth-order valence-electron chi connectivity index (χ4n) is 3.01. The molecule has 0 aromatic heterocycles. The van der Waals surface area contributed by atoms with Crippen molar-refractivity contribution < 1.29 is 23.1 Å². The van der Waals surface area contributed by atoms with Gasteiger partial charge in [0.15, 0.2) is 0 Å². The Kier molecular flexibility index (Phi) is 5.51. The molecule has 0 atom stereocenters. The van der Waals surface area contributed by atoms with Gasteiger partial charge >= 0.3 is 6.09 Å². The molecule has 0 bridgehead atoms. The van der Waals surface area contributed by atoms with E-state index in [0.29, 0.717) is 12.8 Å². The topological polar surface area (TPSA) is 66.6 Å². The third kappa shape index (κ3) is 4.16. The number of carbonyl (C=O) groups is 1. The van der Waals surface area contributed by atoms with E-state index in [2.05, 4.69) is 0 Å². The fourth-order valence-corrected chi connectivity index (χ4v) is 3.01. The van der Waals surface area contributed by atoms with Gasteiger partial charge in [-0.1, -0.05) is 18.2 Å². The predicted octanol–water partition coefficient (Wildman–Crippen LogP) is 3.20. The van der Waals surface area contributed by atoms with E-state index >= 15 is 0 Å². The number of rotatable bonds is 5. The van der Waals surface area contributed by atoms with Crippen molar-refractivity contribution in [2.24, 2.45) is 11.7 Å². The molecular weight excluding hydrogens is 309 g/mol. The molecule has 0 saturated carbocycles. The number of amides is 1. The Labute approximate surface area is 133 Å². The molecule has 23 heavy (non-hydrogen) atoms. The van der Waals surface area contributed by atoms with Gasteiger partial charge in [-0.05, 0) is 37.3 Å². The van der Waals surface area contributed by atoms with Gasteiger partial charge in [-0.2, -0.15) is 0 Å². The Bertz CT molecular complexity index is 558. The Morgan fingerprint density at radius 2 is 2.00 bits per heavy atom. The number of hydrogen-bond acceptors (Lipinski definition) is 2. The molecular formula is C16H21F3N2O2. The molecule has 1 aliphatic rings. The van der Waals surface area contributed by atoms with Crippen LogP contribution in [0, 0.1) is 11.7 Å². The molecule has 7 heteroatoms. The number of nitrogens with two attached hydrogens (primary N) is 1. The lowest BCUT2D eigenvalue weighted by atomic mass is 9.88. The lowest BCUT2D eigenvalue weighted by Crippen LogP contribution is -2.38. The van der Waals surface area contributed by atoms with E-state index in [1.54, 1.807) is 0 Å². The first-order chi connectivity index (χ1) is 10.8. The first-order valence-corrected chi connectivity index (χ1v) is 7.68. The maximum atomic E-state index is 14.5. The van der Waals surface area contributed by atoms with Crippen molar-refractivity contribution in [1.29, 1.82) is 0 Å². The van der Waals surface area contributed by atoms with Crippen LogP contribution in [0.3, 0.4) is 0 Å². The SMILES string of the molecule is NCCc1cccc(C(F)(F)CC2CCN(C(=O)O)CC2)c1F. The van der Waals surface area contributed by atoms with Crippen molar-refractivity contribution >= 4 is 6.09 Å².